The predicted molar refractivity (Wildman–Crippen MR) is 118 cm³/mol. The van der Waals surface area contributed by atoms with E-state index >= 15 is 0 Å². The summed E-state index contributed by atoms with van der Waals surface area (Å²) < 4.78 is 14.6. The van der Waals surface area contributed by atoms with Crippen molar-refractivity contribution < 1.29 is 23.8 Å². The average molecular weight is 413 g/mol. The molecule has 0 aromatic rings. The first-order valence-electron chi connectivity index (χ1n) is 11.7. The molecule has 0 N–H and O–H groups in total. The van der Waals surface area contributed by atoms with Crippen LogP contribution < -0.4 is 0 Å². The molecular weight excluding hydrogens is 368 g/mol. The van der Waals surface area contributed by atoms with E-state index in [0.717, 1.165) is 25.0 Å². The Bertz CT molecular complexity index is 406. The summed E-state index contributed by atoms with van der Waals surface area (Å²) in [5.74, 6) is -1.06. The minimum absolute atomic E-state index is 0.174. The lowest BCUT2D eigenvalue weighted by Gasteiger charge is -2.04. The lowest BCUT2D eigenvalue weighted by Crippen LogP contribution is -2.08. The number of carbonyl (C=O) groups excluding carboxylic acids is 2. The predicted octanol–water partition coefficient (Wildman–Crippen LogP) is 6.15. The van der Waals surface area contributed by atoms with Crippen molar-refractivity contribution in [3.8, 4) is 0 Å². The quantitative estimate of drug-likeness (QED) is 0.129. The summed E-state index contributed by atoms with van der Waals surface area (Å²) in [5.41, 5.74) is 0. The molecule has 0 rings (SSSR count). The SMILES string of the molecule is CCCCCCCCCCCCCCCCCOC(=O)/C=C/C(=O)OCCOC. The molecule has 170 valence electrons. The molecule has 0 aromatic carbocycles. The van der Waals surface area contributed by atoms with Gasteiger partial charge < -0.3 is 14.2 Å². The second kappa shape index (κ2) is 22.9. The van der Waals surface area contributed by atoms with Crippen LogP contribution in [0.2, 0.25) is 0 Å². The molecule has 0 amide bonds. The van der Waals surface area contributed by atoms with Crippen LogP contribution in [0.4, 0.5) is 0 Å². The van der Waals surface area contributed by atoms with Crippen LogP contribution in [0, 0.1) is 0 Å². The molecule has 0 aliphatic heterocycles. The topological polar surface area (TPSA) is 61.8 Å². The Morgan fingerprint density at radius 3 is 1.34 bits per heavy atom. The Balaban J connectivity index is 3.28. The number of carbonyl (C=O) groups is 2. The van der Waals surface area contributed by atoms with Crippen LogP contribution >= 0.6 is 0 Å². The highest BCUT2D eigenvalue weighted by Gasteiger charge is 2.01. The number of unbranched alkanes of at least 4 members (excludes halogenated alkanes) is 14. The van der Waals surface area contributed by atoms with Gasteiger partial charge in [-0.25, -0.2) is 9.59 Å². The second-order valence-electron chi connectivity index (χ2n) is 7.61. The van der Waals surface area contributed by atoms with Gasteiger partial charge in [0.05, 0.1) is 13.2 Å². The molecular formula is C24H44O5. The van der Waals surface area contributed by atoms with Crippen molar-refractivity contribution in [3.63, 3.8) is 0 Å². The third-order valence-corrected chi connectivity index (χ3v) is 4.88. The zero-order valence-corrected chi connectivity index (χ0v) is 18.9. The standard InChI is InChI=1S/C24H44O5/c1-3-4-5-6-7-8-9-10-11-12-13-14-15-16-17-20-28-23(25)18-19-24(26)29-22-21-27-2/h18-19H,3-17,20-22H2,1-2H3/b19-18+. The molecule has 0 radical (unpaired) electrons. The molecule has 0 spiro atoms. The summed E-state index contributed by atoms with van der Waals surface area (Å²) in [7, 11) is 1.53. The van der Waals surface area contributed by atoms with Crippen molar-refractivity contribution in [1.82, 2.24) is 0 Å². The molecule has 0 aliphatic carbocycles. The van der Waals surface area contributed by atoms with E-state index in [0.29, 0.717) is 13.2 Å². The maximum absolute atomic E-state index is 11.5. The molecule has 0 aromatic heterocycles. The first-order valence-corrected chi connectivity index (χ1v) is 11.7. The van der Waals surface area contributed by atoms with Crippen LogP contribution in [0.25, 0.3) is 0 Å². The largest absolute Gasteiger partial charge is 0.463 e. The summed E-state index contributed by atoms with van der Waals surface area (Å²) in [6.07, 6.45) is 21.8. The van der Waals surface area contributed by atoms with Gasteiger partial charge in [0, 0.05) is 19.3 Å². The highest BCUT2D eigenvalue weighted by molar-refractivity contribution is 5.91. The van der Waals surface area contributed by atoms with Gasteiger partial charge >= 0.3 is 11.9 Å². The van der Waals surface area contributed by atoms with Gasteiger partial charge in [0.25, 0.3) is 0 Å². The van der Waals surface area contributed by atoms with Crippen LogP contribution in [0.1, 0.15) is 103 Å². The highest BCUT2D eigenvalue weighted by Crippen LogP contribution is 2.13. The van der Waals surface area contributed by atoms with Crippen LogP contribution in [0.15, 0.2) is 12.2 Å². The Labute approximate surface area is 178 Å². The number of hydrogen-bond acceptors (Lipinski definition) is 5. The van der Waals surface area contributed by atoms with Gasteiger partial charge in [0.15, 0.2) is 0 Å². The Hall–Kier alpha value is -1.36. The lowest BCUT2D eigenvalue weighted by molar-refractivity contribution is -0.141. The molecule has 0 unspecified atom stereocenters. The normalized spacial score (nSPS) is 11.1. The van der Waals surface area contributed by atoms with Crippen LogP contribution in [-0.2, 0) is 23.8 Å². The Morgan fingerprint density at radius 1 is 0.552 bits per heavy atom. The molecule has 5 heteroatoms. The van der Waals surface area contributed by atoms with Gasteiger partial charge in [-0.3, -0.25) is 0 Å². The Morgan fingerprint density at radius 2 is 0.931 bits per heavy atom. The van der Waals surface area contributed by atoms with Crippen molar-refractivity contribution >= 4 is 11.9 Å². The smallest absolute Gasteiger partial charge is 0.331 e. The summed E-state index contributed by atoms with van der Waals surface area (Å²) in [6.45, 7) is 3.18. The van der Waals surface area contributed by atoms with E-state index in [-0.39, 0.29) is 6.61 Å². The minimum atomic E-state index is -0.564. The summed E-state index contributed by atoms with van der Waals surface area (Å²) in [6, 6.07) is 0. The van der Waals surface area contributed by atoms with Crippen molar-refractivity contribution in [3.05, 3.63) is 12.2 Å². The highest BCUT2D eigenvalue weighted by atomic mass is 16.6. The van der Waals surface area contributed by atoms with Gasteiger partial charge in [-0.1, -0.05) is 96.8 Å². The van der Waals surface area contributed by atoms with Crippen LogP contribution in [-0.4, -0.2) is 38.9 Å². The van der Waals surface area contributed by atoms with E-state index in [9.17, 15) is 9.59 Å². The van der Waals surface area contributed by atoms with Crippen LogP contribution in [0.3, 0.4) is 0 Å². The van der Waals surface area contributed by atoms with Gasteiger partial charge in [-0.2, -0.15) is 0 Å². The van der Waals surface area contributed by atoms with Crippen LogP contribution in [0.5, 0.6) is 0 Å². The first-order chi connectivity index (χ1) is 14.2. The van der Waals surface area contributed by atoms with Crippen molar-refractivity contribution in [2.75, 3.05) is 26.9 Å². The molecule has 0 aliphatic rings. The van der Waals surface area contributed by atoms with E-state index in [2.05, 4.69) is 6.92 Å². The fourth-order valence-electron chi connectivity index (χ4n) is 3.10. The van der Waals surface area contributed by atoms with Gasteiger partial charge in [-0.05, 0) is 6.42 Å². The monoisotopic (exact) mass is 412 g/mol. The third kappa shape index (κ3) is 22.8. The minimum Gasteiger partial charge on any atom is -0.463 e. The first kappa shape index (κ1) is 27.6. The van der Waals surface area contributed by atoms with Crippen molar-refractivity contribution in [1.29, 1.82) is 0 Å². The third-order valence-electron chi connectivity index (χ3n) is 4.88. The lowest BCUT2D eigenvalue weighted by atomic mass is 10.0. The number of rotatable bonds is 21. The van der Waals surface area contributed by atoms with Gasteiger partial charge in [0.2, 0.25) is 0 Å². The molecule has 0 saturated heterocycles. The van der Waals surface area contributed by atoms with E-state index in [1.807, 2.05) is 0 Å². The number of hydrogen-bond donors (Lipinski definition) is 0. The van der Waals surface area contributed by atoms with E-state index in [1.165, 1.54) is 90.6 Å². The Kier molecular flexibility index (Phi) is 21.8. The van der Waals surface area contributed by atoms with Crippen molar-refractivity contribution in [2.24, 2.45) is 0 Å². The zero-order valence-electron chi connectivity index (χ0n) is 18.9. The molecule has 0 heterocycles. The fraction of sp³-hybridized carbons (Fsp3) is 0.833. The van der Waals surface area contributed by atoms with Crippen molar-refractivity contribution in [2.45, 2.75) is 103 Å². The summed E-state index contributed by atoms with van der Waals surface area (Å²) in [5, 5.41) is 0. The molecule has 29 heavy (non-hydrogen) atoms. The molecule has 0 fully saturated rings. The van der Waals surface area contributed by atoms with Gasteiger partial charge in [-0.15, -0.1) is 0 Å². The second-order valence-corrected chi connectivity index (χ2v) is 7.61. The molecule has 0 bridgehead atoms. The number of esters is 2. The summed E-state index contributed by atoms with van der Waals surface area (Å²) in [4.78, 5) is 22.8. The fourth-order valence-corrected chi connectivity index (χ4v) is 3.10. The molecule has 0 saturated carbocycles. The molecule has 5 nitrogen and oxygen atoms in total. The maximum atomic E-state index is 11.5. The number of methoxy groups -OCH3 is 1. The maximum Gasteiger partial charge on any atom is 0.331 e. The number of ether oxygens (including phenoxy) is 3. The summed E-state index contributed by atoms with van der Waals surface area (Å²) >= 11 is 0. The van der Waals surface area contributed by atoms with E-state index in [4.69, 9.17) is 14.2 Å². The van der Waals surface area contributed by atoms with E-state index in [1.54, 1.807) is 0 Å². The van der Waals surface area contributed by atoms with Gasteiger partial charge in [0.1, 0.15) is 6.61 Å². The van der Waals surface area contributed by atoms with E-state index < -0.39 is 11.9 Å². The molecule has 0 atom stereocenters. The average Bonchev–Trinajstić information content (AvgIpc) is 2.72. The zero-order chi connectivity index (χ0) is 21.4.